The number of hydrogen-bond acceptors (Lipinski definition) is 4. The first-order chi connectivity index (χ1) is 7.86. The molecule has 0 fully saturated rings. The molecule has 0 saturated carbocycles. The second-order valence-corrected chi connectivity index (χ2v) is 3.32. The molecule has 0 aliphatic carbocycles. The van der Waals surface area contributed by atoms with Crippen molar-refractivity contribution in [3.8, 4) is 0 Å². The second kappa shape index (κ2) is 4.87. The Kier molecular flexibility index (Phi) is 3.73. The maximum atomic E-state index is 11.0. The number of halogens is 1. The molecule has 9 heteroatoms. The van der Waals surface area contributed by atoms with Crippen LogP contribution in [0.1, 0.15) is 0 Å². The molecule has 8 nitrogen and oxygen atoms in total. The molecule has 0 bridgehead atoms. The number of primary amides is 2. The molecular weight excluding hydrogens is 248 g/mol. The highest BCUT2D eigenvalue weighted by Gasteiger charge is 2.21. The van der Waals surface area contributed by atoms with Crippen molar-refractivity contribution < 1.29 is 9.59 Å². The Balaban J connectivity index is 3.36. The standard InChI is InChI=1S/C8H10ClN6O2/c9-4-2-1-3-5(14(12)7(10)16)6(4)15(13)8(11)17/h1,3H,12-13H2,(H2,10,16)(H2,11,17). The van der Waals surface area contributed by atoms with Gasteiger partial charge < -0.3 is 11.5 Å². The third-order valence-corrected chi connectivity index (χ3v) is 2.17. The molecule has 0 unspecified atom stereocenters. The SMILES string of the molecule is NC(=O)N(N)c1cc[c]c(Cl)c1N(N)C(N)=O. The third-order valence-electron chi connectivity index (χ3n) is 1.88. The third kappa shape index (κ3) is 2.56. The van der Waals surface area contributed by atoms with Gasteiger partial charge in [0.15, 0.2) is 0 Å². The van der Waals surface area contributed by atoms with E-state index in [9.17, 15) is 9.59 Å². The molecule has 1 aromatic carbocycles. The minimum absolute atomic E-state index is 0.0273. The van der Waals surface area contributed by atoms with E-state index in [1.165, 1.54) is 12.1 Å². The summed E-state index contributed by atoms with van der Waals surface area (Å²) in [6.07, 6.45) is 0. The van der Waals surface area contributed by atoms with Gasteiger partial charge in [0.25, 0.3) is 0 Å². The Morgan fingerprint density at radius 3 is 2.18 bits per heavy atom. The highest BCUT2D eigenvalue weighted by atomic mass is 35.5. The Labute approximate surface area is 102 Å². The van der Waals surface area contributed by atoms with E-state index in [4.69, 9.17) is 34.8 Å². The Morgan fingerprint density at radius 1 is 1.18 bits per heavy atom. The zero-order valence-electron chi connectivity index (χ0n) is 8.55. The molecule has 1 rings (SSSR count). The van der Waals surface area contributed by atoms with Crippen molar-refractivity contribution >= 4 is 35.0 Å². The van der Waals surface area contributed by atoms with Gasteiger partial charge in [-0.05, 0) is 6.07 Å². The summed E-state index contributed by atoms with van der Waals surface area (Å²) < 4.78 is 0. The maximum absolute atomic E-state index is 11.0. The number of nitrogens with zero attached hydrogens (tertiary/aromatic N) is 2. The lowest BCUT2D eigenvalue weighted by molar-refractivity contribution is 0.252. The molecule has 0 saturated heterocycles. The van der Waals surface area contributed by atoms with Gasteiger partial charge in [0.2, 0.25) is 0 Å². The molecule has 8 N–H and O–H groups in total. The predicted octanol–water partition coefficient (Wildman–Crippen LogP) is -0.342. The first kappa shape index (κ1) is 13.0. The average molecular weight is 258 g/mol. The lowest BCUT2D eigenvalue weighted by Crippen LogP contribution is -2.46. The van der Waals surface area contributed by atoms with Crippen molar-refractivity contribution in [1.29, 1.82) is 0 Å². The number of carbonyl (C=O) groups is 2. The summed E-state index contributed by atoms with van der Waals surface area (Å²) >= 11 is 5.80. The van der Waals surface area contributed by atoms with Crippen LogP contribution in [0.4, 0.5) is 21.0 Å². The molecule has 0 aliphatic heterocycles. The summed E-state index contributed by atoms with van der Waals surface area (Å²) in [7, 11) is 0. The van der Waals surface area contributed by atoms with Gasteiger partial charge in [-0.2, -0.15) is 0 Å². The lowest BCUT2D eigenvalue weighted by atomic mass is 10.2. The van der Waals surface area contributed by atoms with E-state index < -0.39 is 12.1 Å². The average Bonchev–Trinajstić information content (AvgIpc) is 2.26. The highest BCUT2D eigenvalue weighted by molar-refractivity contribution is 6.34. The molecule has 4 amide bonds. The van der Waals surface area contributed by atoms with E-state index in [1.807, 2.05) is 0 Å². The van der Waals surface area contributed by atoms with Crippen LogP contribution in [0.3, 0.4) is 0 Å². The minimum Gasteiger partial charge on any atom is -0.350 e. The van der Waals surface area contributed by atoms with Crippen molar-refractivity contribution in [1.82, 2.24) is 0 Å². The topological polar surface area (TPSA) is 145 Å². The number of nitrogens with two attached hydrogens (primary N) is 4. The first-order valence-corrected chi connectivity index (χ1v) is 4.62. The van der Waals surface area contributed by atoms with Gasteiger partial charge >= 0.3 is 12.1 Å². The number of carbonyl (C=O) groups excluding carboxylic acids is 2. The van der Waals surface area contributed by atoms with Crippen LogP contribution in [0.25, 0.3) is 0 Å². The normalized spacial score (nSPS) is 9.82. The minimum atomic E-state index is -0.981. The van der Waals surface area contributed by atoms with Crippen molar-refractivity contribution in [3.63, 3.8) is 0 Å². The first-order valence-electron chi connectivity index (χ1n) is 4.25. The monoisotopic (exact) mass is 257 g/mol. The van der Waals surface area contributed by atoms with Crippen LogP contribution in [-0.4, -0.2) is 12.1 Å². The number of anilines is 2. The lowest BCUT2D eigenvalue weighted by Gasteiger charge is -2.23. The van der Waals surface area contributed by atoms with Gasteiger partial charge in [-0.25, -0.2) is 31.3 Å². The Morgan fingerprint density at radius 2 is 1.71 bits per heavy atom. The van der Waals surface area contributed by atoms with Crippen LogP contribution >= 0.6 is 11.6 Å². The molecule has 1 radical (unpaired) electrons. The van der Waals surface area contributed by atoms with Crippen LogP contribution in [-0.2, 0) is 0 Å². The zero-order chi connectivity index (χ0) is 13.2. The quantitative estimate of drug-likeness (QED) is 0.326. The molecule has 0 heterocycles. The van der Waals surface area contributed by atoms with E-state index in [2.05, 4.69) is 6.07 Å². The van der Waals surface area contributed by atoms with Crippen LogP contribution < -0.4 is 33.2 Å². The number of rotatable bonds is 2. The second-order valence-electron chi connectivity index (χ2n) is 2.94. The number of urea groups is 2. The molecule has 0 aliphatic rings. The molecule has 0 atom stereocenters. The van der Waals surface area contributed by atoms with E-state index in [1.54, 1.807) is 0 Å². The summed E-state index contributed by atoms with van der Waals surface area (Å²) in [5.74, 6) is 10.8. The summed E-state index contributed by atoms with van der Waals surface area (Å²) in [4.78, 5) is 21.9. The molecule has 1 aromatic rings. The fourth-order valence-corrected chi connectivity index (χ4v) is 1.36. The van der Waals surface area contributed by atoms with Crippen molar-refractivity contribution in [3.05, 3.63) is 23.2 Å². The van der Waals surface area contributed by atoms with Crippen LogP contribution in [0.2, 0.25) is 5.02 Å². The molecule has 0 aromatic heterocycles. The van der Waals surface area contributed by atoms with Gasteiger partial charge in [0, 0.05) is 6.07 Å². The van der Waals surface area contributed by atoms with Crippen molar-refractivity contribution in [2.45, 2.75) is 0 Å². The molecule has 0 spiro atoms. The number of hydrogen-bond donors (Lipinski definition) is 4. The van der Waals surface area contributed by atoms with E-state index in [-0.39, 0.29) is 16.4 Å². The van der Waals surface area contributed by atoms with E-state index in [0.29, 0.717) is 10.0 Å². The van der Waals surface area contributed by atoms with E-state index in [0.717, 1.165) is 0 Å². The smallest absolute Gasteiger partial charge is 0.333 e. The van der Waals surface area contributed by atoms with Gasteiger partial charge in [0.05, 0.1) is 10.7 Å². The number of benzene rings is 1. The fourth-order valence-electron chi connectivity index (χ4n) is 1.11. The number of hydrazine groups is 2. The van der Waals surface area contributed by atoms with Crippen molar-refractivity contribution in [2.24, 2.45) is 23.2 Å². The largest absolute Gasteiger partial charge is 0.350 e. The number of amides is 4. The molecule has 17 heavy (non-hydrogen) atoms. The van der Waals surface area contributed by atoms with Crippen LogP contribution in [0, 0.1) is 6.07 Å². The highest BCUT2D eigenvalue weighted by Crippen LogP contribution is 2.33. The fraction of sp³-hybridized carbons (Fsp3) is 0. The summed E-state index contributed by atoms with van der Waals surface area (Å²) in [6.45, 7) is 0. The zero-order valence-corrected chi connectivity index (χ0v) is 9.31. The summed E-state index contributed by atoms with van der Waals surface area (Å²) in [5, 5.41) is 1.09. The predicted molar refractivity (Wildman–Crippen MR) is 62.8 cm³/mol. The maximum Gasteiger partial charge on any atom is 0.333 e. The van der Waals surface area contributed by atoms with Crippen molar-refractivity contribution in [2.75, 3.05) is 10.0 Å². The molecule has 91 valence electrons. The Bertz CT molecular complexity index is 465. The van der Waals surface area contributed by atoms with Gasteiger partial charge in [-0.3, -0.25) is 0 Å². The van der Waals surface area contributed by atoms with Gasteiger partial charge in [-0.1, -0.05) is 17.7 Å². The molecular formula is C8H10ClN6O2. The van der Waals surface area contributed by atoms with E-state index >= 15 is 0 Å². The van der Waals surface area contributed by atoms with Gasteiger partial charge in [0.1, 0.15) is 5.69 Å². The summed E-state index contributed by atoms with van der Waals surface area (Å²) in [5.41, 5.74) is 9.96. The van der Waals surface area contributed by atoms with Crippen LogP contribution in [0.15, 0.2) is 12.1 Å². The van der Waals surface area contributed by atoms with Crippen LogP contribution in [0.5, 0.6) is 0 Å². The Hall–Kier alpha value is -2.03. The van der Waals surface area contributed by atoms with Gasteiger partial charge in [-0.15, -0.1) is 0 Å². The summed E-state index contributed by atoms with van der Waals surface area (Å²) in [6, 6.07) is 3.38.